The molecular weight excluding hydrogens is 164 g/mol. The first-order valence-corrected chi connectivity index (χ1v) is 3.69. The number of aliphatic hydroxyl groups is 2. The molecule has 0 aliphatic heterocycles. The zero-order chi connectivity index (χ0) is 6.57. The van der Waals surface area contributed by atoms with Crippen molar-refractivity contribution in [1.82, 2.24) is 0 Å². The maximum Gasteiger partial charge on any atom is 0.160 e. The van der Waals surface area contributed by atoms with E-state index in [2.05, 4.69) is 24.8 Å². The van der Waals surface area contributed by atoms with Crippen molar-refractivity contribution in [2.75, 3.05) is 5.75 Å². The van der Waals surface area contributed by atoms with Crippen LogP contribution in [0.3, 0.4) is 0 Å². The van der Waals surface area contributed by atoms with Crippen molar-refractivity contribution < 1.29 is 10.2 Å². The molecule has 0 rings (SSSR count). The Hall–Kier alpha value is 0.710. The van der Waals surface area contributed by atoms with Crippen LogP contribution in [-0.2, 0) is 0 Å². The molecule has 0 radical (unpaired) electrons. The zero-order valence-electron chi connectivity index (χ0n) is 3.94. The summed E-state index contributed by atoms with van der Waals surface area (Å²) in [4.78, 5) is 0. The molecule has 2 nitrogen and oxygen atoms in total. The highest BCUT2D eigenvalue weighted by molar-refractivity contribution is 8.41. The molecule has 0 bridgehead atoms. The van der Waals surface area contributed by atoms with Gasteiger partial charge in [0.2, 0.25) is 0 Å². The molecule has 0 aromatic heterocycles. The van der Waals surface area contributed by atoms with E-state index in [4.69, 9.17) is 10.2 Å². The second-order valence-electron chi connectivity index (χ2n) is 1.06. The van der Waals surface area contributed by atoms with Crippen LogP contribution in [0.15, 0.2) is 0 Å². The molecule has 0 heterocycles. The summed E-state index contributed by atoms with van der Waals surface area (Å²) in [7, 11) is 0. The van der Waals surface area contributed by atoms with Gasteiger partial charge in [-0.1, -0.05) is 12.2 Å². The highest BCUT2D eigenvalue weighted by Gasteiger charge is 1.96. The lowest BCUT2D eigenvalue weighted by atomic mass is 10.8. The van der Waals surface area contributed by atoms with Gasteiger partial charge in [-0.15, -0.1) is 24.4 Å². The molecule has 0 amide bonds. The first-order valence-electron chi connectivity index (χ1n) is 1.85. The van der Waals surface area contributed by atoms with Gasteiger partial charge < -0.3 is 10.2 Å². The van der Waals surface area contributed by atoms with Gasteiger partial charge in [-0.3, -0.25) is 0 Å². The minimum Gasteiger partial charge on any atom is -0.367 e. The lowest BCUT2D eigenvalue weighted by Gasteiger charge is -1.98. The Kier molecular flexibility index (Phi) is 4.98. The summed E-state index contributed by atoms with van der Waals surface area (Å²) in [5.74, 6) is 0.197. The van der Waals surface area contributed by atoms with E-state index < -0.39 is 6.29 Å². The second kappa shape index (κ2) is 4.58. The number of hydrogen-bond donors (Lipinski definition) is 3. The molecule has 5 heteroatoms. The van der Waals surface area contributed by atoms with Crippen molar-refractivity contribution in [1.29, 1.82) is 0 Å². The number of thioether (sulfide) groups is 1. The Bertz CT molecular complexity index is 82.6. The molecular formula is C3H6O2S3. The number of aliphatic hydroxyl groups excluding tert-OH is 1. The number of rotatable bonds is 2. The summed E-state index contributed by atoms with van der Waals surface area (Å²) in [5, 5.41) is 16.5. The van der Waals surface area contributed by atoms with Crippen LogP contribution in [0.5, 0.6) is 0 Å². The SMILES string of the molecule is OC(O)CSC(=S)S. The molecule has 0 unspecified atom stereocenters. The summed E-state index contributed by atoms with van der Waals surface area (Å²) >= 11 is 9.40. The molecule has 0 saturated heterocycles. The van der Waals surface area contributed by atoms with Crippen LogP contribution in [0.4, 0.5) is 0 Å². The van der Waals surface area contributed by atoms with Gasteiger partial charge in [-0.25, -0.2) is 0 Å². The van der Waals surface area contributed by atoms with Crippen LogP contribution in [0.2, 0.25) is 0 Å². The van der Waals surface area contributed by atoms with Crippen molar-refractivity contribution in [2.24, 2.45) is 0 Å². The van der Waals surface area contributed by atoms with Gasteiger partial charge >= 0.3 is 0 Å². The molecule has 0 saturated carbocycles. The monoisotopic (exact) mass is 170 g/mol. The number of thiocarbonyl (C=S) groups is 1. The van der Waals surface area contributed by atoms with Crippen molar-refractivity contribution in [3.63, 3.8) is 0 Å². The van der Waals surface area contributed by atoms with Crippen LogP contribution in [0.25, 0.3) is 0 Å². The normalized spacial score (nSPS) is 10.0. The Morgan fingerprint density at radius 2 is 2.25 bits per heavy atom. The predicted molar refractivity (Wildman–Crippen MR) is 42.3 cm³/mol. The topological polar surface area (TPSA) is 40.5 Å². The standard InChI is InChI=1S/C3H6O2S3/c4-2(5)1-8-3(6)7/h2,4-5H,1H2,(H,6,7). The van der Waals surface area contributed by atoms with E-state index in [9.17, 15) is 0 Å². The molecule has 0 atom stereocenters. The summed E-state index contributed by atoms with van der Waals surface area (Å²) in [6.45, 7) is 0. The molecule has 0 aliphatic rings. The second-order valence-corrected chi connectivity index (χ2v) is 3.81. The van der Waals surface area contributed by atoms with Gasteiger partial charge in [0.1, 0.15) is 3.53 Å². The summed E-state index contributed by atoms with van der Waals surface area (Å²) in [5.41, 5.74) is 0. The van der Waals surface area contributed by atoms with E-state index in [0.717, 1.165) is 11.8 Å². The van der Waals surface area contributed by atoms with Crippen LogP contribution in [0, 0.1) is 0 Å². The summed E-state index contributed by atoms with van der Waals surface area (Å²) < 4.78 is 0.429. The van der Waals surface area contributed by atoms with E-state index in [-0.39, 0.29) is 5.75 Å². The molecule has 0 spiro atoms. The van der Waals surface area contributed by atoms with Gasteiger partial charge in [-0.05, 0) is 0 Å². The lowest BCUT2D eigenvalue weighted by molar-refractivity contribution is -0.0184. The molecule has 0 aromatic rings. The largest absolute Gasteiger partial charge is 0.367 e. The Morgan fingerprint density at radius 3 is 2.38 bits per heavy atom. The smallest absolute Gasteiger partial charge is 0.160 e. The maximum atomic E-state index is 8.24. The number of hydrogen-bond acceptors (Lipinski definition) is 4. The average Bonchev–Trinajstić information content (AvgIpc) is 1.61. The van der Waals surface area contributed by atoms with E-state index in [0.29, 0.717) is 3.53 Å². The summed E-state index contributed by atoms with van der Waals surface area (Å²) in [6, 6.07) is 0. The zero-order valence-corrected chi connectivity index (χ0v) is 6.47. The molecule has 48 valence electrons. The van der Waals surface area contributed by atoms with Crippen LogP contribution in [-0.4, -0.2) is 25.8 Å². The van der Waals surface area contributed by atoms with E-state index in [1.165, 1.54) is 0 Å². The number of thiol groups is 1. The van der Waals surface area contributed by atoms with Gasteiger partial charge in [0.15, 0.2) is 6.29 Å². The molecule has 8 heavy (non-hydrogen) atoms. The predicted octanol–water partition coefficient (Wildman–Crippen LogP) is 0.245. The van der Waals surface area contributed by atoms with Crippen LogP contribution in [0.1, 0.15) is 0 Å². The van der Waals surface area contributed by atoms with E-state index in [1.54, 1.807) is 0 Å². The lowest BCUT2D eigenvalue weighted by Crippen LogP contribution is -2.07. The fraction of sp³-hybridized carbons (Fsp3) is 0.667. The molecule has 0 fully saturated rings. The first kappa shape index (κ1) is 8.71. The molecule has 2 N–H and O–H groups in total. The fourth-order valence-corrected chi connectivity index (χ4v) is 0.865. The van der Waals surface area contributed by atoms with Gasteiger partial charge in [-0.2, -0.15) is 0 Å². The Balaban J connectivity index is 3.05. The average molecular weight is 170 g/mol. The quantitative estimate of drug-likeness (QED) is 0.315. The molecule has 0 aliphatic carbocycles. The highest BCUT2D eigenvalue weighted by Crippen LogP contribution is 2.07. The summed E-state index contributed by atoms with van der Waals surface area (Å²) in [6.07, 6.45) is -1.29. The molecule has 0 aromatic carbocycles. The van der Waals surface area contributed by atoms with Crippen molar-refractivity contribution in [2.45, 2.75) is 6.29 Å². The van der Waals surface area contributed by atoms with Gasteiger partial charge in [0, 0.05) is 0 Å². The minimum atomic E-state index is -1.29. The fourth-order valence-electron chi connectivity index (χ4n) is 0.146. The Labute approximate surface area is 62.7 Å². The van der Waals surface area contributed by atoms with E-state index in [1.807, 2.05) is 0 Å². The van der Waals surface area contributed by atoms with Gasteiger partial charge in [0.05, 0.1) is 5.75 Å². The third-order valence-electron chi connectivity index (χ3n) is 0.356. The van der Waals surface area contributed by atoms with Crippen LogP contribution >= 0.6 is 36.6 Å². The van der Waals surface area contributed by atoms with Crippen molar-refractivity contribution in [3.8, 4) is 0 Å². The van der Waals surface area contributed by atoms with E-state index >= 15 is 0 Å². The minimum absolute atomic E-state index is 0.197. The van der Waals surface area contributed by atoms with Crippen LogP contribution < -0.4 is 0 Å². The van der Waals surface area contributed by atoms with Gasteiger partial charge in [0.25, 0.3) is 0 Å². The van der Waals surface area contributed by atoms with Crippen molar-refractivity contribution >= 4 is 40.1 Å². The first-order chi connectivity index (χ1) is 3.63. The maximum absolute atomic E-state index is 8.24. The highest BCUT2D eigenvalue weighted by atomic mass is 32.2. The Morgan fingerprint density at radius 1 is 1.75 bits per heavy atom. The third kappa shape index (κ3) is 6.71. The van der Waals surface area contributed by atoms with Crippen molar-refractivity contribution in [3.05, 3.63) is 0 Å². The third-order valence-corrected chi connectivity index (χ3v) is 1.81.